The van der Waals surface area contributed by atoms with E-state index in [-0.39, 0.29) is 5.54 Å². The molecule has 1 aromatic rings. The molecule has 0 aromatic heterocycles. The summed E-state index contributed by atoms with van der Waals surface area (Å²) in [6, 6.07) is 3.78. The van der Waals surface area contributed by atoms with Gasteiger partial charge in [0.2, 0.25) is 0 Å². The van der Waals surface area contributed by atoms with Crippen LogP contribution in [0.4, 0.5) is 5.69 Å². The van der Waals surface area contributed by atoms with Gasteiger partial charge in [-0.1, -0.05) is 48.8 Å². The van der Waals surface area contributed by atoms with E-state index in [1.807, 2.05) is 12.1 Å². The Morgan fingerprint density at radius 2 is 2.00 bits per heavy atom. The Morgan fingerprint density at radius 1 is 1.32 bits per heavy atom. The van der Waals surface area contributed by atoms with Gasteiger partial charge in [0.1, 0.15) is 0 Å². The molecule has 1 N–H and O–H groups in total. The summed E-state index contributed by atoms with van der Waals surface area (Å²) in [5, 5.41) is 5.24. The van der Waals surface area contributed by atoms with Gasteiger partial charge in [0.05, 0.1) is 21.3 Å². The Kier molecular flexibility index (Phi) is 5.09. The van der Waals surface area contributed by atoms with Crippen LogP contribution in [0.15, 0.2) is 21.6 Å². The molecule has 19 heavy (non-hydrogen) atoms. The van der Waals surface area contributed by atoms with Crippen molar-refractivity contribution < 1.29 is 0 Å². The van der Waals surface area contributed by atoms with E-state index < -0.39 is 0 Å². The molecule has 0 fully saturated rings. The average Bonchev–Trinajstić information content (AvgIpc) is 2.84. The molecule has 0 saturated carbocycles. The number of halogens is 3. The Morgan fingerprint density at radius 3 is 2.58 bits per heavy atom. The Bertz CT molecular complexity index is 516. The number of nitrogens with zero attached hydrogens (tertiary/aromatic N) is 1. The highest BCUT2D eigenvalue weighted by Gasteiger charge is 2.32. The zero-order valence-electron chi connectivity index (χ0n) is 10.8. The van der Waals surface area contributed by atoms with E-state index in [9.17, 15) is 0 Å². The van der Waals surface area contributed by atoms with Crippen LogP contribution in [0, 0.1) is 0 Å². The van der Waals surface area contributed by atoms with Crippen molar-refractivity contribution >= 4 is 61.7 Å². The smallest absolute Gasteiger partial charge is 0.161 e. The Hall–Kier alpha value is 0.1000. The molecule has 0 unspecified atom stereocenters. The molecule has 2 rings (SSSR count). The number of nitrogens with one attached hydrogen (secondary N) is 1. The third-order valence-electron chi connectivity index (χ3n) is 3.41. The van der Waals surface area contributed by atoms with Crippen molar-refractivity contribution in [1.29, 1.82) is 0 Å². The van der Waals surface area contributed by atoms with E-state index in [1.165, 1.54) is 0 Å². The summed E-state index contributed by atoms with van der Waals surface area (Å²) in [5.74, 6) is 1.02. The Labute approximate surface area is 136 Å². The van der Waals surface area contributed by atoms with Crippen LogP contribution >= 0.6 is 50.9 Å². The number of amidine groups is 1. The first kappa shape index (κ1) is 15.5. The number of rotatable bonds is 3. The number of benzene rings is 1. The SMILES string of the molecule is CCC1(CC)CSC(Nc2ccc(Br)c(Cl)c2Cl)=N1. The normalized spacial score (nSPS) is 17.4. The zero-order chi connectivity index (χ0) is 14.0. The maximum absolute atomic E-state index is 6.23. The highest BCUT2D eigenvalue weighted by atomic mass is 79.9. The third kappa shape index (κ3) is 3.23. The van der Waals surface area contributed by atoms with Crippen molar-refractivity contribution in [1.82, 2.24) is 0 Å². The summed E-state index contributed by atoms with van der Waals surface area (Å²) in [6.45, 7) is 4.36. The second-order valence-corrected chi connectivity index (χ2v) is 7.06. The van der Waals surface area contributed by atoms with Crippen molar-refractivity contribution in [3.63, 3.8) is 0 Å². The predicted molar refractivity (Wildman–Crippen MR) is 91.0 cm³/mol. The minimum absolute atomic E-state index is 0.0681. The van der Waals surface area contributed by atoms with Gasteiger partial charge in [-0.25, -0.2) is 0 Å². The number of aliphatic imine (C=N–C) groups is 1. The molecule has 1 aromatic carbocycles. The van der Waals surface area contributed by atoms with Crippen molar-refractivity contribution in [3.05, 3.63) is 26.7 Å². The predicted octanol–water partition coefficient (Wildman–Crippen LogP) is 5.83. The number of hydrogen-bond acceptors (Lipinski definition) is 3. The molecule has 0 radical (unpaired) electrons. The summed E-state index contributed by atoms with van der Waals surface area (Å²) in [5.41, 5.74) is 0.864. The molecule has 1 heterocycles. The number of anilines is 1. The first-order valence-electron chi connectivity index (χ1n) is 6.14. The van der Waals surface area contributed by atoms with E-state index in [4.69, 9.17) is 28.2 Å². The quantitative estimate of drug-likeness (QED) is 0.666. The summed E-state index contributed by atoms with van der Waals surface area (Å²) in [6.07, 6.45) is 2.10. The standard InChI is InChI=1S/C13H15BrCl2N2S/c1-3-13(4-2)7-19-12(18-13)17-9-6-5-8(14)10(15)11(9)16/h5-6H,3-4,7H2,1-2H3,(H,17,18). The van der Waals surface area contributed by atoms with Gasteiger partial charge < -0.3 is 5.32 Å². The van der Waals surface area contributed by atoms with Crippen molar-refractivity contribution in [2.45, 2.75) is 32.2 Å². The van der Waals surface area contributed by atoms with Crippen LogP contribution in [0.2, 0.25) is 10.0 Å². The van der Waals surface area contributed by atoms with Crippen LogP contribution in [0.1, 0.15) is 26.7 Å². The fourth-order valence-electron chi connectivity index (χ4n) is 1.90. The van der Waals surface area contributed by atoms with Crippen molar-refractivity contribution in [3.8, 4) is 0 Å². The van der Waals surface area contributed by atoms with Gasteiger partial charge in [-0.3, -0.25) is 4.99 Å². The first-order chi connectivity index (χ1) is 9.01. The minimum Gasteiger partial charge on any atom is -0.334 e. The second kappa shape index (κ2) is 6.25. The molecule has 1 aliphatic heterocycles. The summed E-state index contributed by atoms with van der Waals surface area (Å²) < 4.78 is 0.794. The van der Waals surface area contributed by atoms with E-state index in [1.54, 1.807) is 11.8 Å². The van der Waals surface area contributed by atoms with Crippen molar-refractivity contribution in [2.75, 3.05) is 11.1 Å². The monoisotopic (exact) mass is 380 g/mol. The lowest BCUT2D eigenvalue weighted by Gasteiger charge is -2.20. The molecule has 0 atom stereocenters. The second-order valence-electron chi connectivity index (χ2n) is 4.48. The maximum atomic E-state index is 6.23. The van der Waals surface area contributed by atoms with E-state index >= 15 is 0 Å². The van der Waals surface area contributed by atoms with Gasteiger partial charge in [0, 0.05) is 10.2 Å². The molecule has 104 valence electrons. The minimum atomic E-state index is 0.0681. The van der Waals surface area contributed by atoms with Gasteiger partial charge in [-0.15, -0.1) is 0 Å². The topological polar surface area (TPSA) is 24.4 Å². The molecule has 2 nitrogen and oxygen atoms in total. The molecule has 0 bridgehead atoms. The summed E-state index contributed by atoms with van der Waals surface area (Å²) >= 11 is 17.4. The zero-order valence-corrected chi connectivity index (χ0v) is 14.7. The van der Waals surface area contributed by atoms with Gasteiger partial charge in [-0.2, -0.15) is 0 Å². The first-order valence-corrected chi connectivity index (χ1v) is 8.68. The fourth-order valence-corrected chi connectivity index (χ4v) is 4.04. The van der Waals surface area contributed by atoms with E-state index in [2.05, 4.69) is 35.1 Å². The molecule has 1 aliphatic rings. The summed E-state index contributed by atoms with van der Waals surface area (Å²) in [4.78, 5) is 4.80. The van der Waals surface area contributed by atoms with Crippen LogP contribution < -0.4 is 5.32 Å². The van der Waals surface area contributed by atoms with Crippen LogP contribution in [0.5, 0.6) is 0 Å². The molecule has 0 saturated heterocycles. The molecule has 0 aliphatic carbocycles. The molecule has 0 amide bonds. The van der Waals surface area contributed by atoms with Crippen LogP contribution in [0.25, 0.3) is 0 Å². The lowest BCUT2D eigenvalue weighted by molar-refractivity contribution is 0.456. The molecule has 6 heteroatoms. The van der Waals surface area contributed by atoms with Gasteiger partial charge >= 0.3 is 0 Å². The maximum Gasteiger partial charge on any atom is 0.161 e. The van der Waals surface area contributed by atoms with Gasteiger partial charge in [-0.05, 0) is 40.9 Å². The number of thioether (sulfide) groups is 1. The lowest BCUT2D eigenvalue weighted by atomic mass is 9.97. The highest BCUT2D eigenvalue weighted by Crippen LogP contribution is 2.38. The third-order valence-corrected chi connectivity index (χ3v) is 6.33. The summed E-state index contributed by atoms with van der Waals surface area (Å²) in [7, 11) is 0. The lowest BCUT2D eigenvalue weighted by Crippen LogP contribution is -2.24. The largest absolute Gasteiger partial charge is 0.334 e. The molecular formula is C13H15BrCl2N2S. The van der Waals surface area contributed by atoms with Crippen LogP contribution in [-0.4, -0.2) is 16.5 Å². The fraction of sp³-hybridized carbons (Fsp3) is 0.462. The molecular weight excluding hydrogens is 367 g/mol. The van der Waals surface area contributed by atoms with Crippen molar-refractivity contribution in [2.24, 2.45) is 4.99 Å². The van der Waals surface area contributed by atoms with Gasteiger partial charge in [0.25, 0.3) is 0 Å². The Balaban J connectivity index is 2.22. The molecule has 0 spiro atoms. The van der Waals surface area contributed by atoms with Gasteiger partial charge in [0.15, 0.2) is 5.17 Å². The van der Waals surface area contributed by atoms with E-state index in [0.717, 1.165) is 33.9 Å². The van der Waals surface area contributed by atoms with Crippen LogP contribution in [-0.2, 0) is 0 Å². The van der Waals surface area contributed by atoms with Crippen LogP contribution in [0.3, 0.4) is 0 Å². The number of hydrogen-bond donors (Lipinski definition) is 1. The van der Waals surface area contributed by atoms with E-state index in [0.29, 0.717) is 10.0 Å². The average molecular weight is 382 g/mol. The highest BCUT2D eigenvalue weighted by molar-refractivity contribution is 9.10.